The fourth-order valence-corrected chi connectivity index (χ4v) is 1.82. The first kappa shape index (κ1) is 13.7. The van der Waals surface area contributed by atoms with Crippen LogP contribution in [0, 0.1) is 24.1 Å². The van der Waals surface area contributed by atoms with Gasteiger partial charge in [0.05, 0.1) is 0 Å². The van der Waals surface area contributed by atoms with Crippen molar-refractivity contribution in [2.45, 2.75) is 6.92 Å². The highest BCUT2D eigenvalue weighted by Crippen LogP contribution is 2.14. The Balaban J connectivity index is 2.35. The summed E-state index contributed by atoms with van der Waals surface area (Å²) in [6.45, 7) is 1.88. The maximum Gasteiger partial charge on any atom is 0.203 e. The Morgan fingerprint density at radius 1 is 1.20 bits per heavy atom. The second-order valence-electron chi connectivity index (χ2n) is 4.42. The summed E-state index contributed by atoms with van der Waals surface area (Å²) >= 11 is 0. The van der Waals surface area contributed by atoms with Crippen LogP contribution < -0.4 is 0 Å². The van der Waals surface area contributed by atoms with Gasteiger partial charge in [0.25, 0.3) is 0 Å². The molecule has 0 radical (unpaired) electrons. The fourth-order valence-electron chi connectivity index (χ4n) is 1.82. The van der Waals surface area contributed by atoms with Crippen LogP contribution in [0.5, 0.6) is 0 Å². The minimum absolute atomic E-state index is 0.0298. The zero-order valence-corrected chi connectivity index (χ0v) is 10.9. The lowest BCUT2D eigenvalue weighted by atomic mass is 10.0. The summed E-state index contributed by atoms with van der Waals surface area (Å²) in [7, 11) is 0. The van der Waals surface area contributed by atoms with Gasteiger partial charge in [-0.1, -0.05) is 35.9 Å². The number of ketones is 1. The molecule has 0 saturated heterocycles. The van der Waals surface area contributed by atoms with E-state index in [0.29, 0.717) is 11.1 Å². The Bertz CT molecular complexity index is 709. The first-order valence-electron chi connectivity index (χ1n) is 6.09. The van der Waals surface area contributed by atoms with E-state index in [9.17, 15) is 9.18 Å². The molecule has 2 aromatic carbocycles. The van der Waals surface area contributed by atoms with E-state index in [1.165, 1.54) is 30.3 Å². The Kier molecular flexibility index (Phi) is 4.07. The molecule has 0 aliphatic rings. The molecular weight excluding hydrogens is 253 g/mol. The number of Topliss-reactive ketones (excluding diaryl/α,β-unsaturated/α-hetero) is 1. The van der Waals surface area contributed by atoms with E-state index in [1.54, 1.807) is 18.2 Å². The van der Waals surface area contributed by atoms with Gasteiger partial charge in [-0.2, -0.15) is 5.26 Å². The lowest BCUT2D eigenvalue weighted by molar-refractivity contribution is 0.104. The highest BCUT2D eigenvalue weighted by Gasteiger charge is 2.12. The molecule has 0 spiro atoms. The Labute approximate surface area is 116 Å². The lowest BCUT2D eigenvalue weighted by Crippen LogP contribution is -2.02. The molecule has 98 valence electrons. The number of aryl methyl sites for hydroxylation is 1. The topological polar surface area (TPSA) is 40.9 Å². The van der Waals surface area contributed by atoms with Gasteiger partial charge in [-0.05, 0) is 36.8 Å². The number of carbonyl (C=O) groups is 1. The minimum atomic E-state index is -0.356. The summed E-state index contributed by atoms with van der Waals surface area (Å²) in [6.07, 6.45) is 1.46. The smallest absolute Gasteiger partial charge is 0.203 e. The monoisotopic (exact) mass is 265 g/mol. The third-order valence-corrected chi connectivity index (χ3v) is 2.83. The molecule has 0 atom stereocenters. The molecule has 0 unspecified atom stereocenters. The number of hydrogen-bond donors (Lipinski definition) is 0. The molecule has 0 aliphatic heterocycles. The molecule has 0 N–H and O–H groups in total. The molecule has 2 rings (SSSR count). The number of benzene rings is 2. The summed E-state index contributed by atoms with van der Waals surface area (Å²) in [6, 6.07) is 14.6. The van der Waals surface area contributed by atoms with Crippen molar-refractivity contribution in [3.05, 3.63) is 76.6 Å². The summed E-state index contributed by atoms with van der Waals surface area (Å²) in [5.74, 6) is -0.689. The van der Waals surface area contributed by atoms with Crippen molar-refractivity contribution >= 4 is 11.9 Å². The standard InChI is InChI=1S/C17H12FNO/c1-12-3-2-4-14(9-12)17(20)15(11-19)10-13-5-7-16(18)8-6-13/h2-10H,1H3/b15-10+. The molecule has 0 aromatic heterocycles. The first-order valence-corrected chi connectivity index (χ1v) is 6.09. The minimum Gasteiger partial charge on any atom is -0.288 e. The van der Waals surface area contributed by atoms with Crippen molar-refractivity contribution in [1.29, 1.82) is 5.26 Å². The van der Waals surface area contributed by atoms with Gasteiger partial charge in [-0.3, -0.25) is 4.79 Å². The van der Waals surface area contributed by atoms with Crippen LogP contribution in [0.2, 0.25) is 0 Å². The van der Waals surface area contributed by atoms with Gasteiger partial charge in [0.1, 0.15) is 17.5 Å². The Morgan fingerprint density at radius 3 is 2.50 bits per heavy atom. The molecule has 0 bridgehead atoms. The number of carbonyl (C=O) groups excluding carboxylic acids is 1. The van der Waals surface area contributed by atoms with Crippen LogP contribution >= 0.6 is 0 Å². The average molecular weight is 265 g/mol. The zero-order chi connectivity index (χ0) is 14.5. The van der Waals surface area contributed by atoms with Gasteiger partial charge >= 0.3 is 0 Å². The molecule has 0 fully saturated rings. The molecule has 0 heterocycles. The van der Waals surface area contributed by atoms with Gasteiger partial charge in [0.15, 0.2) is 0 Å². The van der Waals surface area contributed by atoms with E-state index in [2.05, 4.69) is 0 Å². The van der Waals surface area contributed by atoms with Crippen LogP contribution in [0.25, 0.3) is 6.08 Å². The normalized spacial score (nSPS) is 10.9. The summed E-state index contributed by atoms with van der Waals surface area (Å²) < 4.78 is 12.8. The van der Waals surface area contributed by atoms with Crippen LogP contribution in [0.1, 0.15) is 21.5 Å². The summed E-state index contributed by atoms with van der Waals surface area (Å²) in [4.78, 5) is 12.2. The molecular formula is C17H12FNO. The van der Waals surface area contributed by atoms with Crippen molar-refractivity contribution in [1.82, 2.24) is 0 Å². The predicted molar refractivity (Wildman–Crippen MR) is 75.5 cm³/mol. The Morgan fingerprint density at radius 2 is 1.90 bits per heavy atom. The van der Waals surface area contributed by atoms with Crippen molar-refractivity contribution in [2.24, 2.45) is 0 Å². The summed E-state index contributed by atoms with van der Waals surface area (Å²) in [5, 5.41) is 9.13. The molecule has 2 aromatic rings. The second kappa shape index (κ2) is 5.94. The van der Waals surface area contributed by atoms with E-state index in [4.69, 9.17) is 5.26 Å². The molecule has 3 heteroatoms. The maximum atomic E-state index is 12.8. The molecule has 2 nitrogen and oxygen atoms in total. The second-order valence-corrected chi connectivity index (χ2v) is 4.42. The van der Waals surface area contributed by atoms with Crippen molar-refractivity contribution in [3.63, 3.8) is 0 Å². The number of allylic oxidation sites excluding steroid dienone is 1. The van der Waals surface area contributed by atoms with Gasteiger partial charge in [-0.25, -0.2) is 4.39 Å². The largest absolute Gasteiger partial charge is 0.288 e. The summed E-state index contributed by atoms with van der Waals surface area (Å²) in [5.41, 5.74) is 2.07. The SMILES string of the molecule is Cc1cccc(C(=O)/C(C#N)=C/c2ccc(F)cc2)c1. The van der Waals surface area contributed by atoms with E-state index in [-0.39, 0.29) is 17.2 Å². The van der Waals surface area contributed by atoms with Crippen LogP contribution in [0.15, 0.2) is 54.1 Å². The first-order chi connectivity index (χ1) is 9.60. The van der Waals surface area contributed by atoms with Crippen molar-refractivity contribution in [2.75, 3.05) is 0 Å². The van der Waals surface area contributed by atoms with Crippen molar-refractivity contribution in [3.8, 4) is 6.07 Å². The number of hydrogen-bond acceptors (Lipinski definition) is 2. The van der Waals surface area contributed by atoms with Crippen LogP contribution in [0.3, 0.4) is 0 Å². The third kappa shape index (κ3) is 3.18. The van der Waals surface area contributed by atoms with E-state index in [1.807, 2.05) is 19.1 Å². The highest BCUT2D eigenvalue weighted by atomic mass is 19.1. The van der Waals surface area contributed by atoms with Crippen molar-refractivity contribution < 1.29 is 9.18 Å². The number of nitrogens with zero attached hydrogens (tertiary/aromatic N) is 1. The van der Waals surface area contributed by atoms with Gasteiger partial charge < -0.3 is 0 Å². The van der Waals surface area contributed by atoms with Crippen LogP contribution in [-0.4, -0.2) is 5.78 Å². The lowest BCUT2D eigenvalue weighted by Gasteiger charge is -2.01. The molecule has 20 heavy (non-hydrogen) atoms. The van der Waals surface area contributed by atoms with E-state index >= 15 is 0 Å². The van der Waals surface area contributed by atoms with Gasteiger partial charge in [0.2, 0.25) is 5.78 Å². The molecule has 0 saturated carbocycles. The number of halogens is 1. The van der Waals surface area contributed by atoms with Crippen LogP contribution in [0.4, 0.5) is 4.39 Å². The van der Waals surface area contributed by atoms with Gasteiger partial charge in [0, 0.05) is 5.56 Å². The average Bonchev–Trinajstić information content (AvgIpc) is 2.46. The highest BCUT2D eigenvalue weighted by molar-refractivity contribution is 6.14. The quantitative estimate of drug-likeness (QED) is 0.479. The molecule has 0 aliphatic carbocycles. The third-order valence-electron chi connectivity index (χ3n) is 2.83. The predicted octanol–water partition coefficient (Wildman–Crippen LogP) is 3.92. The maximum absolute atomic E-state index is 12.8. The molecule has 0 amide bonds. The van der Waals surface area contributed by atoms with Gasteiger partial charge in [-0.15, -0.1) is 0 Å². The Hall–Kier alpha value is -2.73. The fraction of sp³-hybridized carbons (Fsp3) is 0.0588. The number of nitriles is 1. The van der Waals surface area contributed by atoms with E-state index in [0.717, 1.165) is 5.56 Å². The number of rotatable bonds is 3. The van der Waals surface area contributed by atoms with E-state index < -0.39 is 0 Å². The van der Waals surface area contributed by atoms with Crippen LogP contribution in [-0.2, 0) is 0 Å². The zero-order valence-electron chi connectivity index (χ0n) is 10.9.